The van der Waals surface area contributed by atoms with Gasteiger partial charge in [-0.3, -0.25) is 9.48 Å². The highest BCUT2D eigenvalue weighted by Crippen LogP contribution is 2.27. The summed E-state index contributed by atoms with van der Waals surface area (Å²) in [6, 6.07) is 7.53. The number of hydrogen-bond acceptors (Lipinski definition) is 2. The van der Waals surface area contributed by atoms with E-state index in [0.717, 1.165) is 21.4 Å². The summed E-state index contributed by atoms with van der Waals surface area (Å²) in [5, 5.41) is 6.95. The fourth-order valence-corrected chi connectivity index (χ4v) is 2.08. The van der Waals surface area contributed by atoms with Crippen LogP contribution in [0.5, 0.6) is 0 Å². The minimum absolute atomic E-state index is 0.659. The van der Waals surface area contributed by atoms with E-state index >= 15 is 0 Å². The third-order valence-electron chi connectivity index (χ3n) is 2.15. The van der Waals surface area contributed by atoms with Gasteiger partial charge in [0, 0.05) is 24.5 Å². The van der Waals surface area contributed by atoms with Crippen LogP contribution in [0, 0.1) is 0 Å². The van der Waals surface area contributed by atoms with Crippen LogP contribution in [-0.2, 0) is 11.8 Å². The molecule has 4 nitrogen and oxygen atoms in total. The van der Waals surface area contributed by atoms with Crippen molar-refractivity contribution in [2.24, 2.45) is 7.05 Å². The van der Waals surface area contributed by atoms with Crippen LogP contribution in [0.15, 0.2) is 34.9 Å². The average Bonchev–Trinajstić information content (AvgIpc) is 2.59. The molecule has 1 heterocycles. The number of carbonyl (C=O) groups excluding carboxylic acids is 1. The first-order valence-corrected chi connectivity index (χ1v) is 5.50. The van der Waals surface area contributed by atoms with Gasteiger partial charge >= 0.3 is 0 Å². The molecular formula is C11H10BrN3O. The summed E-state index contributed by atoms with van der Waals surface area (Å²) in [6.07, 6.45) is 2.54. The van der Waals surface area contributed by atoms with Crippen molar-refractivity contribution in [2.75, 3.05) is 5.32 Å². The average molecular weight is 280 g/mol. The molecule has 1 aromatic heterocycles. The summed E-state index contributed by atoms with van der Waals surface area (Å²) in [5.74, 6) is 0. The lowest BCUT2D eigenvalue weighted by Gasteiger charge is -2.01. The quantitative estimate of drug-likeness (QED) is 0.878. The van der Waals surface area contributed by atoms with Gasteiger partial charge in [0.2, 0.25) is 6.41 Å². The first-order chi connectivity index (χ1) is 7.70. The maximum Gasteiger partial charge on any atom is 0.211 e. The summed E-state index contributed by atoms with van der Waals surface area (Å²) in [4.78, 5) is 10.4. The monoisotopic (exact) mass is 279 g/mol. The molecule has 16 heavy (non-hydrogen) atoms. The molecule has 0 aliphatic rings. The molecule has 1 aromatic carbocycles. The van der Waals surface area contributed by atoms with Crippen molar-refractivity contribution in [1.29, 1.82) is 0 Å². The van der Waals surface area contributed by atoms with E-state index < -0.39 is 0 Å². The molecule has 0 fully saturated rings. The fraction of sp³-hybridized carbons (Fsp3) is 0.0909. The Morgan fingerprint density at radius 2 is 2.31 bits per heavy atom. The minimum Gasteiger partial charge on any atom is -0.329 e. The van der Waals surface area contributed by atoms with Gasteiger partial charge in [-0.05, 0) is 28.1 Å². The summed E-state index contributed by atoms with van der Waals surface area (Å²) in [7, 11) is 1.86. The van der Waals surface area contributed by atoms with Gasteiger partial charge in [0.25, 0.3) is 0 Å². The Kier molecular flexibility index (Phi) is 3.05. The predicted octanol–water partition coefficient (Wildman–Crippen LogP) is 2.42. The smallest absolute Gasteiger partial charge is 0.211 e. The van der Waals surface area contributed by atoms with Gasteiger partial charge in [0.15, 0.2) is 0 Å². The Hall–Kier alpha value is -1.62. The van der Waals surface area contributed by atoms with E-state index in [1.165, 1.54) is 0 Å². The van der Waals surface area contributed by atoms with Gasteiger partial charge in [0.05, 0.1) is 4.47 Å². The van der Waals surface area contributed by atoms with E-state index in [0.29, 0.717) is 6.41 Å². The second kappa shape index (κ2) is 4.49. The van der Waals surface area contributed by atoms with Crippen molar-refractivity contribution in [3.05, 3.63) is 34.9 Å². The number of nitrogens with one attached hydrogen (secondary N) is 1. The highest BCUT2D eigenvalue weighted by atomic mass is 79.9. The van der Waals surface area contributed by atoms with E-state index in [4.69, 9.17) is 0 Å². The Morgan fingerprint density at radius 1 is 1.50 bits per heavy atom. The molecule has 0 saturated carbocycles. The first kappa shape index (κ1) is 10.9. The van der Waals surface area contributed by atoms with Crippen LogP contribution >= 0.6 is 15.9 Å². The number of amides is 1. The van der Waals surface area contributed by atoms with Gasteiger partial charge < -0.3 is 5.32 Å². The Morgan fingerprint density at radius 3 is 2.94 bits per heavy atom. The molecule has 0 spiro atoms. The third kappa shape index (κ3) is 2.14. The van der Waals surface area contributed by atoms with Crippen LogP contribution in [0.25, 0.3) is 11.3 Å². The van der Waals surface area contributed by atoms with Gasteiger partial charge in [-0.2, -0.15) is 5.10 Å². The highest BCUT2D eigenvalue weighted by molar-refractivity contribution is 9.10. The van der Waals surface area contributed by atoms with Crippen LogP contribution in [-0.4, -0.2) is 16.2 Å². The Balaban J connectivity index is 2.43. The second-order valence-corrected chi connectivity index (χ2v) is 4.20. The van der Waals surface area contributed by atoms with E-state index in [2.05, 4.69) is 26.3 Å². The Labute approximate surface area is 101 Å². The molecule has 0 bridgehead atoms. The number of rotatable bonds is 3. The third-order valence-corrected chi connectivity index (χ3v) is 2.73. The number of aryl methyl sites for hydroxylation is 1. The second-order valence-electron chi connectivity index (χ2n) is 3.34. The van der Waals surface area contributed by atoms with Crippen molar-refractivity contribution >= 4 is 28.0 Å². The number of nitrogens with zero attached hydrogens (tertiary/aromatic N) is 2. The molecule has 0 atom stereocenters. The molecule has 0 aliphatic carbocycles. The molecule has 0 aliphatic heterocycles. The standard InChI is InChI=1S/C11H10BrN3O/c1-15-6-10(12)11(14-15)8-3-2-4-9(5-8)13-7-16/h2-7H,1H3,(H,13,16). The summed E-state index contributed by atoms with van der Waals surface area (Å²) >= 11 is 3.44. The summed E-state index contributed by atoms with van der Waals surface area (Å²) in [5.41, 5.74) is 2.57. The van der Waals surface area contributed by atoms with E-state index in [9.17, 15) is 4.79 Å². The number of hydrogen-bond donors (Lipinski definition) is 1. The number of carbonyl (C=O) groups is 1. The molecule has 1 amide bonds. The lowest BCUT2D eigenvalue weighted by atomic mass is 10.1. The van der Waals surface area contributed by atoms with Crippen LogP contribution in [0.2, 0.25) is 0 Å². The molecular weight excluding hydrogens is 270 g/mol. The van der Waals surface area contributed by atoms with Gasteiger partial charge in [-0.25, -0.2) is 0 Å². The lowest BCUT2D eigenvalue weighted by molar-refractivity contribution is -0.105. The number of benzene rings is 1. The van der Waals surface area contributed by atoms with Crippen molar-refractivity contribution in [3.8, 4) is 11.3 Å². The maximum atomic E-state index is 10.4. The SMILES string of the molecule is Cn1cc(Br)c(-c2cccc(NC=O)c2)n1. The molecule has 0 radical (unpaired) electrons. The van der Waals surface area contributed by atoms with E-state index in [-0.39, 0.29) is 0 Å². The lowest BCUT2D eigenvalue weighted by Crippen LogP contribution is -1.94. The molecule has 0 saturated heterocycles. The van der Waals surface area contributed by atoms with Crippen molar-refractivity contribution < 1.29 is 4.79 Å². The highest BCUT2D eigenvalue weighted by Gasteiger charge is 2.07. The Bertz CT molecular complexity index is 522. The number of anilines is 1. The molecule has 82 valence electrons. The van der Waals surface area contributed by atoms with Gasteiger partial charge in [-0.15, -0.1) is 0 Å². The zero-order valence-electron chi connectivity index (χ0n) is 8.64. The predicted molar refractivity (Wildman–Crippen MR) is 66.0 cm³/mol. The molecule has 5 heteroatoms. The van der Waals surface area contributed by atoms with Crippen LogP contribution in [0.3, 0.4) is 0 Å². The van der Waals surface area contributed by atoms with Gasteiger partial charge in [-0.1, -0.05) is 12.1 Å². The maximum absolute atomic E-state index is 10.4. The molecule has 0 unspecified atom stereocenters. The van der Waals surface area contributed by atoms with Crippen LogP contribution < -0.4 is 5.32 Å². The van der Waals surface area contributed by atoms with Crippen molar-refractivity contribution in [1.82, 2.24) is 9.78 Å². The summed E-state index contributed by atoms with van der Waals surface area (Å²) in [6.45, 7) is 0. The van der Waals surface area contributed by atoms with Crippen LogP contribution in [0.4, 0.5) is 5.69 Å². The molecule has 2 rings (SSSR count). The van der Waals surface area contributed by atoms with Gasteiger partial charge in [0.1, 0.15) is 5.69 Å². The normalized spacial score (nSPS) is 10.1. The summed E-state index contributed by atoms with van der Waals surface area (Å²) < 4.78 is 2.66. The first-order valence-electron chi connectivity index (χ1n) is 4.70. The largest absolute Gasteiger partial charge is 0.329 e. The van der Waals surface area contributed by atoms with Crippen LogP contribution in [0.1, 0.15) is 0 Å². The molecule has 2 aromatic rings. The topological polar surface area (TPSA) is 46.9 Å². The van der Waals surface area contributed by atoms with Crippen molar-refractivity contribution in [3.63, 3.8) is 0 Å². The number of aromatic nitrogens is 2. The fourth-order valence-electron chi connectivity index (χ4n) is 1.48. The van der Waals surface area contributed by atoms with E-state index in [1.54, 1.807) is 4.68 Å². The molecule has 1 N–H and O–H groups in total. The van der Waals surface area contributed by atoms with Crippen molar-refractivity contribution in [2.45, 2.75) is 0 Å². The van der Waals surface area contributed by atoms with E-state index in [1.807, 2.05) is 37.5 Å². The minimum atomic E-state index is 0.659. The zero-order valence-corrected chi connectivity index (χ0v) is 10.2. The zero-order chi connectivity index (χ0) is 11.5. The number of halogens is 1.